The Labute approximate surface area is 102 Å². The van der Waals surface area contributed by atoms with Crippen molar-refractivity contribution in [2.24, 2.45) is 5.73 Å². The van der Waals surface area contributed by atoms with Gasteiger partial charge in [0.15, 0.2) is 0 Å². The summed E-state index contributed by atoms with van der Waals surface area (Å²) in [7, 11) is 1.68. The van der Waals surface area contributed by atoms with Crippen molar-refractivity contribution in [1.82, 2.24) is 4.98 Å². The second-order valence-electron chi connectivity index (χ2n) is 3.50. The number of hydrogen-bond donors (Lipinski definition) is 1. The minimum Gasteiger partial charge on any atom is -0.490 e. The fourth-order valence-electron chi connectivity index (χ4n) is 1.24. The van der Waals surface area contributed by atoms with E-state index in [-0.39, 0.29) is 0 Å². The largest absolute Gasteiger partial charge is 0.490 e. The molecule has 0 aliphatic rings. The molecule has 0 aromatic carbocycles. The average molecular weight is 240 g/mol. The van der Waals surface area contributed by atoms with E-state index in [2.05, 4.69) is 4.98 Å². The first-order chi connectivity index (χ1) is 8.36. The lowest BCUT2D eigenvalue weighted by atomic mass is 10.3. The standard InChI is InChI=1S/C12H20N2O3/c1-15-5-2-6-16-7-8-17-12-4-3-11(9-13)14-10-12/h3-4,10H,2,5-9,13H2,1H3. The van der Waals surface area contributed by atoms with Crippen molar-refractivity contribution in [3.8, 4) is 5.75 Å². The monoisotopic (exact) mass is 240 g/mol. The molecule has 5 nitrogen and oxygen atoms in total. The van der Waals surface area contributed by atoms with Crippen molar-refractivity contribution >= 4 is 0 Å². The van der Waals surface area contributed by atoms with Crippen LogP contribution in [0.25, 0.3) is 0 Å². The molecular weight excluding hydrogens is 220 g/mol. The third-order valence-corrected chi connectivity index (χ3v) is 2.14. The zero-order chi connectivity index (χ0) is 12.3. The van der Waals surface area contributed by atoms with Crippen LogP contribution < -0.4 is 10.5 Å². The first kappa shape index (κ1) is 13.9. The Bertz CT molecular complexity index is 290. The van der Waals surface area contributed by atoms with Crippen LogP contribution in [0.4, 0.5) is 0 Å². The molecule has 1 aromatic heterocycles. The summed E-state index contributed by atoms with van der Waals surface area (Å²) in [5, 5.41) is 0. The van der Waals surface area contributed by atoms with Gasteiger partial charge in [-0.25, -0.2) is 0 Å². The number of nitrogens with two attached hydrogens (primary N) is 1. The van der Waals surface area contributed by atoms with Gasteiger partial charge < -0.3 is 19.9 Å². The maximum atomic E-state index is 5.45. The Balaban J connectivity index is 2.05. The maximum absolute atomic E-state index is 5.45. The minimum atomic E-state index is 0.447. The quantitative estimate of drug-likeness (QED) is 0.651. The van der Waals surface area contributed by atoms with Crippen molar-refractivity contribution in [3.63, 3.8) is 0 Å². The third-order valence-electron chi connectivity index (χ3n) is 2.14. The number of rotatable bonds is 9. The molecule has 1 heterocycles. The Morgan fingerprint density at radius 3 is 2.71 bits per heavy atom. The van der Waals surface area contributed by atoms with E-state index in [4.69, 9.17) is 19.9 Å². The van der Waals surface area contributed by atoms with Gasteiger partial charge in [0.25, 0.3) is 0 Å². The number of nitrogens with zero attached hydrogens (tertiary/aromatic N) is 1. The maximum Gasteiger partial charge on any atom is 0.137 e. The first-order valence-electron chi connectivity index (χ1n) is 5.71. The molecular formula is C12H20N2O3. The predicted octanol–water partition coefficient (Wildman–Crippen LogP) is 0.972. The Hall–Kier alpha value is -1.17. The predicted molar refractivity (Wildman–Crippen MR) is 64.9 cm³/mol. The van der Waals surface area contributed by atoms with Gasteiger partial charge in [0, 0.05) is 26.9 Å². The van der Waals surface area contributed by atoms with Crippen molar-refractivity contribution in [2.75, 3.05) is 33.5 Å². The van der Waals surface area contributed by atoms with E-state index in [1.54, 1.807) is 13.3 Å². The Kier molecular flexibility index (Phi) is 7.29. The average Bonchev–Trinajstić information content (AvgIpc) is 2.38. The molecule has 5 heteroatoms. The summed E-state index contributed by atoms with van der Waals surface area (Å²) in [5.41, 5.74) is 6.30. The van der Waals surface area contributed by atoms with E-state index in [0.717, 1.165) is 24.5 Å². The van der Waals surface area contributed by atoms with Crippen molar-refractivity contribution in [2.45, 2.75) is 13.0 Å². The van der Waals surface area contributed by atoms with E-state index >= 15 is 0 Å². The number of aromatic nitrogens is 1. The van der Waals surface area contributed by atoms with E-state index in [1.165, 1.54) is 0 Å². The lowest BCUT2D eigenvalue weighted by Crippen LogP contribution is -2.09. The van der Waals surface area contributed by atoms with Crippen LogP contribution in [-0.4, -0.2) is 38.5 Å². The van der Waals surface area contributed by atoms with Crippen molar-refractivity contribution in [3.05, 3.63) is 24.0 Å². The van der Waals surface area contributed by atoms with Crippen molar-refractivity contribution in [1.29, 1.82) is 0 Å². The fourth-order valence-corrected chi connectivity index (χ4v) is 1.24. The molecule has 17 heavy (non-hydrogen) atoms. The lowest BCUT2D eigenvalue weighted by molar-refractivity contribution is 0.0805. The molecule has 0 saturated heterocycles. The molecule has 2 N–H and O–H groups in total. The van der Waals surface area contributed by atoms with Crippen LogP contribution in [0.1, 0.15) is 12.1 Å². The van der Waals surface area contributed by atoms with Gasteiger partial charge in [-0.3, -0.25) is 4.98 Å². The SMILES string of the molecule is COCCCOCCOc1ccc(CN)nc1. The van der Waals surface area contributed by atoms with E-state index < -0.39 is 0 Å². The highest BCUT2D eigenvalue weighted by molar-refractivity contribution is 5.19. The number of hydrogen-bond acceptors (Lipinski definition) is 5. The van der Waals surface area contributed by atoms with Gasteiger partial charge >= 0.3 is 0 Å². The van der Waals surface area contributed by atoms with Gasteiger partial charge in [-0.1, -0.05) is 0 Å². The van der Waals surface area contributed by atoms with Crippen LogP contribution in [-0.2, 0) is 16.0 Å². The highest BCUT2D eigenvalue weighted by atomic mass is 16.5. The van der Waals surface area contributed by atoms with Crippen LogP contribution in [0, 0.1) is 0 Å². The Morgan fingerprint density at radius 1 is 1.18 bits per heavy atom. The van der Waals surface area contributed by atoms with Gasteiger partial charge in [-0.15, -0.1) is 0 Å². The summed E-state index contributed by atoms with van der Waals surface area (Å²) >= 11 is 0. The molecule has 0 spiro atoms. The summed E-state index contributed by atoms with van der Waals surface area (Å²) in [5.74, 6) is 0.739. The topological polar surface area (TPSA) is 66.6 Å². The molecule has 1 aromatic rings. The highest BCUT2D eigenvalue weighted by Gasteiger charge is 1.95. The van der Waals surface area contributed by atoms with Gasteiger partial charge in [-0.2, -0.15) is 0 Å². The highest BCUT2D eigenvalue weighted by Crippen LogP contribution is 2.08. The second kappa shape index (κ2) is 8.92. The molecule has 1 rings (SSSR count). The van der Waals surface area contributed by atoms with Crippen LogP contribution >= 0.6 is 0 Å². The summed E-state index contributed by atoms with van der Waals surface area (Å²) in [6.07, 6.45) is 2.58. The van der Waals surface area contributed by atoms with Crippen molar-refractivity contribution < 1.29 is 14.2 Å². The number of methoxy groups -OCH3 is 1. The summed E-state index contributed by atoms with van der Waals surface area (Å²) < 4.78 is 15.7. The second-order valence-corrected chi connectivity index (χ2v) is 3.50. The molecule has 0 bridgehead atoms. The van der Waals surface area contributed by atoms with Crippen LogP contribution in [0.3, 0.4) is 0 Å². The summed E-state index contributed by atoms with van der Waals surface area (Å²) in [6, 6.07) is 3.72. The van der Waals surface area contributed by atoms with Crippen LogP contribution in [0.2, 0.25) is 0 Å². The lowest BCUT2D eigenvalue weighted by Gasteiger charge is -2.07. The molecule has 0 amide bonds. The van der Waals surface area contributed by atoms with Gasteiger partial charge in [0.05, 0.1) is 18.5 Å². The number of pyridine rings is 1. The molecule has 0 fully saturated rings. The molecule has 0 atom stereocenters. The van der Waals surface area contributed by atoms with Crippen LogP contribution in [0.5, 0.6) is 5.75 Å². The van der Waals surface area contributed by atoms with Crippen LogP contribution in [0.15, 0.2) is 18.3 Å². The number of ether oxygens (including phenoxy) is 3. The zero-order valence-corrected chi connectivity index (χ0v) is 10.2. The van der Waals surface area contributed by atoms with Gasteiger partial charge in [0.2, 0.25) is 0 Å². The molecule has 96 valence electrons. The molecule has 0 aliphatic heterocycles. The third kappa shape index (κ3) is 6.21. The van der Waals surface area contributed by atoms with Gasteiger partial charge in [0.1, 0.15) is 12.4 Å². The van der Waals surface area contributed by atoms with E-state index in [9.17, 15) is 0 Å². The summed E-state index contributed by atoms with van der Waals surface area (Å²) in [6.45, 7) is 2.97. The fraction of sp³-hybridized carbons (Fsp3) is 0.583. The normalized spacial score (nSPS) is 10.5. The van der Waals surface area contributed by atoms with E-state index in [1.807, 2.05) is 12.1 Å². The molecule has 0 saturated carbocycles. The van der Waals surface area contributed by atoms with Gasteiger partial charge in [-0.05, 0) is 18.6 Å². The molecule has 0 unspecified atom stereocenters. The summed E-state index contributed by atoms with van der Waals surface area (Å²) in [4.78, 5) is 4.13. The zero-order valence-electron chi connectivity index (χ0n) is 10.2. The molecule has 0 aliphatic carbocycles. The first-order valence-corrected chi connectivity index (χ1v) is 5.71. The van der Waals surface area contributed by atoms with E-state index in [0.29, 0.717) is 26.4 Å². The molecule has 0 radical (unpaired) electrons. The smallest absolute Gasteiger partial charge is 0.137 e. The minimum absolute atomic E-state index is 0.447. The Morgan fingerprint density at radius 2 is 2.06 bits per heavy atom.